The zero-order valence-corrected chi connectivity index (χ0v) is 14.9. The monoisotopic (exact) mass is 351 g/mol. The molecule has 4 aliphatic carbocycles. The molecule has 2 heterocycles. The van der Waals surface area contributed by atoms with Crippen LogP contribution in [0.4, 0.5) is 0 Å². The predicted octanol–water partition coefficient (Wildman–Crippen LogP) is 0.910. The molecule has 26 heavy (non-hydrogen) atoms. The summed E-state index contributed by atoms with van der Waals surface area (Å²) in [5, 5.41) is 26.5. The normalized spacial score (nSPS) is 35.9. The number of hydrogen-bond donors (Lipinski definition) is 4. The van der Waals surface area contributed by atoms with Gasteiger partial charge in [-0.2, -0.15) is 5.10 Å². The summed E-state index contributed by atoms with van der Waals surface area (Å²) >= 11 is 0. The summed E-state index contributed by atoms with van der Waals surface area (Å²) in [4.78, 5) is 7.56. The quantitative estimate of drug-likeness (QED) is 0.374. The second-order valence-electron chi connectivity index (χ2n) is 8.40. The van der Waals surface area contributed by atoms with E-state index in [2.05, 4.69) is 15.4 Å². The maximum absolute atomic E-state index is 10.9. The molecule has 4 saturated carbocycles. The van der Waals surface area contributed by atoms with E-state index in [0.29, 0.717) is 29.1 Å². The zero-order valence-electron chi connectivity index (χ0n) is 14.9. The topological polar surface area (TPSA) is 93.5 Å². The molecule has 0 saturated heterocycles. The van der Waals surface area contributed by atoms with E-state index in [-0.39, 0.29) is 0 Å². The van der Waals surface area contributed by atoms with Crippen LogP contribution >= 0.6 is 0 Å². The first-order valence-electron chi connectivity index (χ1n) is 9.52. The molecule has 4 N–H and O–H groups in total. The minimum atomic E-state index is -0.467. The number of nitrogens with zero attached hydrogens (tertiary/aromatic N) is 2. The molecule has 4 fully saturated rings. The fourth-order valence-electron chi connectivity index (χ4n) is 6.25. The lowest BCUT2D eigenvalue weighted by Gasteiger charge is -2.58. The van der Waals surface area contributed by atoms with Gasteiger partial charge in [0.25, 0.3) is 0 Å². The zero-order chi connectivity index (χ0) is 17.9. The Balaban J connectivity index is 1.65. The summed E-state index contributed by atoms with van der Waals surface area (Å²) < 4.78 is 0. The fourth-order valence-corrected chi connectivity index (χ4v) is 6.25. The van der Waals surface area contributed by atoms with Crippen LogP contribution in [0.3, 0.4) is 0 Å². The van der Waals surface area contributed by atoms with Crippen molar-refractivity contribution in [2.24, 2.45) is 28.8 Å². The Hall–Kier alpha value is -1.86. The van der Waals surface area contributed by atoms with Gasteiger partial charge in [-0.05, 0) is 61.4 Å². The lowest BCUT2D eigenvalue weighted by Crippen LogP contribution is -2.57. The maximum atomic E-state index is 10.9. The van der Waals surface area contributed by atoms with Crippen molar-refractivity contribution in [3.05, 3.63) is 24.0 Å². The van der Waals surface area contributed by atoms with Crippen LogP contribution in [0, 0.1) is 23.7 Å². The molecule has 6 nitrogen and oxygen atoms in total. The van der Waals surface area contributed by atoms with Gasteiger partial charge in [-0.1, -0.05) is 0 Å². The van der Waals surface area contributed by atoms with Gasteiger partial charge in [0.05, 0.1) is 11.3 Å². The van der Waals surface area contributed by atoms with Gasteiger partial charge in [0.15, 0.2) is 0 Å². The molecule has 0 aromatic carbocycles. The van der Waals surface area contributed by atoms with Gasteiger partial charge in [-0.25, -0.2) is 4.98 Å². The Labute approximate surface area is 153 Å². The van der Waals surface area contributed by atoms with Gasteiger partial charge in [0, 0.05) is 36.3 Å². The highest BCUT2D eigenvalue weighted by Crippen LogP contribution is 2.59. The number of nitrogens with one attached hydrogen (secondary N) is 2. The number of rotatable bonds is 4. The van der Waals surface area contributed by atoms with E-state index in [0.717, 1.165) is 49.1 Å². The molecule has 0 spiro atoms. The average molecular weight is 351 g/mol. The van der Waals surface area contributed by atoms with Gasteiger partial charge < -0.3 is 20.5 Å². The summed E-state index contributed by atoms with van der Waals surface area (Å²) in [6.45, 7) is 0. The van der Waals surface area contributed by atoms with Crippen molar-refractivity contribution in [2.75, 3.05) is 7.05 Å². The third kappa shape index (κ3) is 2.33. The number of pyridine rings is 1. The fraction of sp³-hybridized carbons (Fsp3) is 0.579. The van der Waals surface area contributed by atoms with E-state index < -0.39 is 5.60 Å². The van der Waals surface area contributed by atoms with Gasteiger partial charge in [-0.15, -0.1) is 0 Å². The Bertz CT molecular complexity index is 864. The van der Waals surface area contributed by atoms with Crippen LogP contribution in [0.5, 0.6) is 0 Å². The van der Waals surface area contributed by atoms with Crippen molar-refractivity contribution in [1.82, 2.24) is 15.4 Å². The van der Waals surface area contributed by atoms with Gasteiger partial charge >= 0.3 is 7.48 Å². The SMILES string of the molecule is CN/N=C(\c1c([B]O)cnc2[nH]ccc12)C1C2CC3CC1CC(O)(C3)C2. The van der Waals surface area contributed by atoms with Crippen molar-refractivity contribution in [3.63, 3.8) is 0 Å². The Morgan fingerprint density at radius 3 is 2.77 bits per heavy atom. The van der Waals surface area contributed by atoms with E-state index in [9.17, 15) is 10.1 Å². The van der Waals surface area contributed by atoms with Gasteiger partial charge in [0.2, 0.25) is 0 Å². The largest absolute Gasteiger partial charge is 0.450 e. The lowest BCUT2D eigenvalue weighted by atomic mass is 9.49. The molecule has 135 valence electrons. The number of aromatic amines is 1. The van der Waals surface area contributed by atoms with Gasteiger partial charge in [-0.3, -0.25) is 0 Å². The summed E-state index contributed by atoms with van der Waals surface area (Å²) in [5.41, 5.74) is 5.97. The van der Waals surface area contributed by atoms with E-state index in [4.69, 9.17) is 5.10 Å². The molecule has 4 aliphatic rings. The van der Waals surface area contributed by atoms with Crippen LogP contribution in [0.2, 0.25) is 0 Å². The predicted molar refractivity (Wildman–Crippen MR) is 101 cm³/mol. The number of fused-ring (bicyclic) bond motifs is 1. The molecule has 2 unspecified atom stereocenters. The summed E-state index contributed by atoms with van der Waals surface area (Å²) in [7, 11) is 2.95. The molecule has 0 aliphatic heterocycles. The average Bonchev–Trinajstić information content (AvgIpc) is 3.07. The van der Waals surface area contributed by atoms with Crippen molar-refractivity contribution < 1.29 is 10.1 Å². The summed E-state index contributed by atoms with van der Waals surface area (Å²) in [6, 6.07) is 2.00. The van der Waals surface area contributed by atoms with Crippen molar-refractivity contribution >= 4 is 29.7 Å². The summed E-state index contributed by atoms with van der Waals surface area (Å²) in [5.74, 6) is 1.86. The molecule has 2 atom stereocenters. The number of aliphatic hydroxyl groups is 1. The van der Waals surface area contributed by atoms with Crippen LogP contribution in [0.25, 0.3) is 11.0 Å². The molecular formula is C19H24BN4O2. The maximum Gasteiger partial charge on any atom is 0.329 e. The van der Waals surface area contributed by atoms with Crippen molar-refractivity contribution in [3.8, 4) is 0 Å². The minimum Gasteiger partial charge on any atom is -0.450 e. The third-order valence-corrected chi connectivity index (χ3v) is 6.80. The number of hydrogen-bond acceptors (Lipinski definition) is 5. The van der Waals surface area contributed by atoms with Crippen LogP contribution < -0.4 is 10.9 Å². The van der Waals surface area contributed by atoms with E-state index in [1.807, 2.05) is 19.3 Å². The van der Waals surface area contributed by atoms with Crippen LogP contribution in [0.1, 0.15) is 37.7 Å². The Morgan fingerprint density at radius 1 is 1.35 bits per heavy atom. The first kappa shape index (κ1) is 16.3. The highest BCUT2D eigenvalue weighted by molar-refractivity contribution is 6.49. The molecule has 2 aromatic rings. The molecule has 0 amide bonds. The van der Waals surface area contributed by atoms with Crippen LogP contribution in [-0.2, 0) is 0 Å². The third-order valence-electron chi connectivity index (χ3n) is 6.80. The lowest BCUT2D eigenvalue weighted by molar-refractivity contribution is -0.137. The summed E-state index contributed by atoms with van der Waals surface area (Å²) in [6.07, 6.45) is 8.62. The smallest absolute Gasteiger partial charge is 0.329 e. The molecule has 7 heteroatoms. The van der Waals surface area contributed by atoms with Crippen molar-refractivity contribution in [2.45, 2.75) is 37.7 Å². The van der Waals surface area contributed by atoms with E-state index in [1.54, 1.807) is 6.20 Å². The second-order valence-corrected chi connectivity index (χ2v) is 8.40. The van der Waals surface area contributed by atoms with E-state index in [1.165, 1.54) is 12.8 Å². The highest BCUT2D eigenvalue weighted by atomic mass is 16.3. The van der Waals surface area contributed by atoms with E-state index >= 15 is 0 Å². The first-order chi connectivity index (χ1) is 12.6. The standard InChI is InChI=1S/C19H24BN4O2/c1-21-24-17(16-13-2-3-22-18(13)23-9-14(16)20-26)15-11-4-10-5-12(15)8-19(25,6-10)7-11/h2-3,9-12,15,21,25-26H,4-8H2,1H3,(H,22,23)/b24-17-. The molecular weight excluding hydrogens is 327 g/mol. The van der Waals surface area contributed by atoms with Gasteiger partial charge in [0.1, 0.15) is 5.65 Å². The minimum absolute atomic E-state index is 0.304. The Morgan fingerprint density at radius 2 is 2.12 bits per heavy atom. The number of H-pyrrole nitrogens is 1. The molecule has 4 bridgehead atoms. The van der Waals surface area contributed by atoms with Crippen LogP contribution in [0.15, 0.2) is 23.6 Å². The number of aromatic nitrogens is 2. The number of hydrazone groups is 1. The van der Waals surface area contributed by atoms with Crippen molar-refractivity contribution in [1.29, 1.82) is 0 Å². The highest BCUT2D eigenvalue weighted by Gasteiger charge is 2.56. The van der Waals surface area contributed by atoms with Crippen LogP contribution in [-0.4, -0.2) is 45.9 Å². The molecule has 1 radical (unpaired) electrons. The Kier molecular flexibility index (Phi) is 3.66. The molecule has 6 rings (SSSR count). The first-order valence-corrected chi connectivity index (χ1v) is 9.52. The second kappa shape index (κ2) is 5.82. The molecule has 2 aromatic heterocycles.